The number of ether oxygens (including phenoxy) is 3. The van der Waals surface area contributed by atoms with Gasteiger partial charge in [-0.2, -0.15) is 4.31 Å². The van der Waals surface area contributed by atoms with Crippen molar-refractivity contribution in [1.82, 2.24) is 9.62 Å². The van der Waals surface area contributed by atoms with Gasteiger partial charge in [0.05, 0.1) is 24.7 Å². The molecule has 9 nitrogen and oxygen atoms in total. The lowest BCUT2D eigenvalue weighted by molar-refractivity contribution is -0.124. The minimum Gasteiger partial charge on any atom is -0.493 e. The molecule has 1 heterocycles. The van der Waals surface area contributed by atoms with Crippen LogP contribution in [0.1, 0.15) is 41.6 Å². The van der Waals surface area contributed by atoms with Crippen LogP contribution in [0.3, 0.4) is 0 Å². The van der Waals surface area contributed by atoms with E-state index in [1.54, 1.807) is 18.2 Å². The molecule has 1 aliphatic heterocycles. The SMILES string of the molecule is COc1ccc(CNC(=O)COC(=O)c2ccc(S(=O)(=O)N3CCCCCC3)cc2)cc1OC. The molecule has 0 spiro atoms. The molecule has 0 radical (unpaired) electrons. The van der Waals surface area contributed by atoms with Crippen molar-refractivity contribution < 1.29 is 32.2 Å². The molecule has 1 N–H and O–H groups in total. The molecule has 10 heteroatoms. The monoisotopic (exact) mass is 490 g/mol. The number of methoxy groups -OCH3 is 2. The Morgan fingerprint density at radius 1 is 0.912 bits per heavy atom. The standard InChI is InChI=1S/C24H30N2O7S/c1-31-21-12-7-18(15-22(21)32-2)16-25-23(27)17-33-24(28)19-8-10-20(11-9-19)34(29,30)26-13-5-3-4-6-14-26/h7-12,15H,3-6,13-14,16-17H2,1-2H3,(H,25,27). The first kappa shape index (κ1) is 25.5. The average Bonchev–Trinajstić information content (AvgIpc) is 3.16. The van der Waals surface area contributed by atoms with Crippen LogP contribution in [0, 0.1) is 0 Å². The van der Waals surface area contributed by atoms with E-state index in [0.717, 1.165) is 31.2 Å². The van der Waals surface area contributed by atoms with Gasteiger partial charge in [0.25, 0.3) is 5.91 Å². The third-order valence-electron chi connectivity index (χ3n) is 5.56. The highest BCUT2D eigenvalue weighted by molar-refractivity contribution is 7.89. The molecule has 3 rings (SSSR count). The van der Waals surface area contributed by atoms with Crippen molar-refractivity contribution in [3.05, 3.63) is 53.6 Å². The summed E-state index contributed by atoms with van der Waals surface area (Å²) in [6, 6.07) is 10.9. The largest absolute Gasteiger partial charge is 0.493 e. The number of rotatable bonds is 9. The van der Waals surface area contributed by atoms with Gasteiger partial charge in [-0.1, -0.05) is 18.9 Å². The number of carbonyl (C=O) groups is 2. The van der Waals surface area contributed by atoms with Crippen molar-refractivity contribution in [3.8, 4) is 11.5 Å². The van der Waals surface area contributed by atoms with Crippen molar-refractivity contribution in [2.24, 2.45) is 0 Å². The maximum Gasteiger partial charge on any atom is 0.338 e. The normalized spacial score (nSPS) is 14.6. The minimum absolute atomic E-state index is 0.138. The maximum absolute atomic E-state index is 12.8. The van der Waals surface area contributed by atoms with Crippen LogP contribution in [0.2, 0.25) is 0 Å². The zero-order valence-electron chi connectivity index (χ0n) is 19.4. The highest BCUT2D eigenvalue weighted by atomic mass is 32.2. The van der Waals surface area contributed by atoms with Gasteiger partial charge in [-0.15, -0.1) is 0 Å². The number of sulfonamides is 1. The zero-order chi connectivity index (χ0) is 24.6. The molecular formula is C24H30N2O7S. The van der Waals surface area contributed by atoms with E-state index in [9.17, 15) is 18.0 Å². The van der Waals surface area contributed by atoms with Crippen LogP contribution in [-0.4, -0.2) is 58.5 Å². The third-order valence-corrected chi connectivity index (χ3v) is 7.48. The van der Waals surface area contributed by atoms with E-state index in [1.807, 2.05) is 0 Å². The van der Waals surface area contributed by atoms with Crippen LogP contribution in [0.25, 0.3) is 0 Å². The topological polar surface area (TPSA) is 111 Å². The van der Waals surface area contributed by atoms with Gasteiger partial charge in [0.1, 0.15) is 0 Å². The number of hydrogen-bond donors (Lipinski definition) is 1. The Bertz CT molecular complexity index is 1090. The second kappa shape index (κ2) is 11.8. The molecule has 34 heavy (non-hydrogen) atoms. The van der Waals surface area contributed by atoms with Crippen molar-refractivity contribution in [2.75, 3.05) is 33.9 Å². The molecule has 184 valence electrons. The van der Waals surface area contributed by atoms with Crippen molar-refractivity contribution in [3.63, 3.8) is 0 Å². The lowest BCUT2D eigenvalue weighted by Gasteiger charge is -2.20. The van der Waals surface area contributed by atoms with E-state index >= 15 is 0 Å². The number of carbonyl (C=O) groups excluding carboxylic acids is 2. The molecule has 0 aromatic heterocycles. The Morgan fingerprint density at radius 2 is 1.56 bits per heavy atom. The van der Waals surface area contributed by atoms with Gasteiger partial charge in [0.15, 0.2) is 18.1 Å². The predicted molar refractivity (Wildman–Crippen MR) is 125 cm³/mol. The van der Waals surface area contributed by atoms with Gasteiger partial charge in [0.2, 0.25) is 10.0 Å². The van der Waals surface area contributed by atoms with Crippen LogP contribution in [-0.2, 0) is 26.1 Å². The number of nitrogens with one attached hydrogen (secondary N) is 1. The highest BCUT2D eigenvalue weighted by Gasteiger charge is 2.25. The number of hydrogen-bond acceptors (Lipinski definition) is 7. The fraction of sp³-hybridized carbons (Fsp3) is 0.417. The predicted octanol–water partition coefficient (Wildman–Crippen LogP) is 2.74. The Labute approximate surface area is 200 Å². The van der Waals surface area contributed by atoms with E-state index < -0.39 is 28.5 Å². The fourth-order valence-electron chi connectivity index (χ4n) is 3.65. The van der Waals surface area contributed by atoms with E-state index in [0.29, 0.717) is 24.6 Å². The molecule has 1 aliphatic rings. The first-order valence-electron chi connectivity index (χ1n) is 11.1. The fourth-order valence-corrected chi connectivity index (χ4v) is 5.17. The molecule has 0 aliphatic carbocycles. The lowest BCUT2D eigenvalue weighted by atomic mass is 10.2. The lowest BCUT2D eigenvalue weighted by Crippen LogP contribution is -2.32. The summed E-state index contributed by atoms with van der Waals surface area (Å²) in [5.41, 5.74) is 0.959. The third kappa shape index (κ3) is 6.48. The van der Waals surface area contributed by atoms with Gasteiger partial charge < -0.3 is 19.5 Å². The van der Waals surface area contributed by atoms with Crippen molar-refractivity contribution in [2.45, 2.75) is 37.1 Å². The molecule has 0 saturated carbocycles. The molecule has 1 saturated heterocycles. The molecule has 2 aromatic rings. The van der Waals surface area contributed by atoms with Crippen LogP contribution in [0.15, 0.2) is 47.4 Å². The van der Waals surface area contributed by atoms with Gasteiger partial charge in [-0.05, 0) is 54.8 Å². The van der Waals surface area contributed by atoms with E-state index in [4.69, 9.17) is 14.2 Å². The van der Waals surface area contributed by atoms with Gasteiger partial charge in [-0.25, -0.2) is 13.2 Å². The van der Waals surface area contributed by atoms with Crippen molar-refractivity contribution in [1.29, 1.82) is 0 Å². The summed E-state index contributed by atoms with van der Waals surface area (Å²) in [5, 5.41) is 2.67. The van der Waals surface area contributed by atoms with E-state index in [1.165, 1.54) is 42.8 Å². The summed E-state index contributed by atoms with van der Waals surface area (Å²) in [4.78, 5) is 24.5. The Kier molecular flexibility index (Phi) is 8.89. The number of amides is 1. The average molecular weight is 491 g/mol. The molecule has 0 atom stereocenters. The van der Waals surface area contributed by atoms with Crippen molar-refractivity contribution >= 4 is 21.9 Å². The number of esters is 1. The summed E-state index contributed by atoms with van der Waals surface area (Å²) in [6.45, 7) is 0.773. The molecule has 0 unspecified atom stereocenters. The Hall–Kier alpha value is -3.11. The van der Waals surface area contributed by atoms with Crippen LogP contribution < -0.4 is 14.8 Å². The van der Waals surface area contributed by atoms with Gasteiger partial charge >= 0.3 is 5.97 Å². The van der Waals surface area contributed by atoms with Gasteiger partial charge in [0, 0.05) is 19.6 Å². The maximum atomic E-state index is 12.8. The summed E-state index contributed by atoms with van der Waals surface area (Å²) in [7, 11) is -0.535. The summed E-state index contributed by atoms with van der Waals surface area (Å²) in [6.07, 6.45) is 3.74. The van der Waals surface area contributed by atoms with E-state index in [-0.39, 0.29) is 17.0 Å². The highest BCUT2D eigenvalue weighted by Crippen LogP contribution is 2.27. The molecule has 1 amide bonds. The van der Waals surface area contributed by atoms with Crippen LogP contribution in [0.4, 0.5) is 0 Å². The summed E-state index contributed by atoms with van der Waals surface area (Å²) < 4.78 is 42.7. The molecule has 2 aromatic carbocycles. The second-order valence-electron chi connectivity index (χ2n) is 7.88. The summed E-state index contributed by atoms with van der Waals surface area (Å²) >= 11 is 0. The first-order chi connectivity index (χ1) is 16.3. The minimum atomic E-state index is -3.60. The number of nitrogens with zero attached hydrogens (tertiary/aromatic N) is 1. The Morgan fingerprint density at radius 3 is 2.18 bits per heavy atom. The smallest absolute Gasteiger partial charge is 0.338 e. The van der Waals surface area contributed by atoms with Gasteiger partial charge in [-0.3, -0.25) is 4.79 Å². The number of benzene rings is 2. The summed E-state index contributed by atoms with van der Waals surface area (Å²) in [5.74, 6) is -0.0535. The van der Waals surface area contributed by atoms with Crippen LogP contribution >= 0.6 is 0 Å². The first-order valence-corrected chi connectivity index (χ1v) is 12.5. The quantitative estimate of drug-likeness (QED) is 0.538. The molecule has 0 bridgehead atoms. The van der Waals surface area contributed by atoms with Crippen LogP contribution in [0.5, 0.6) is 11.5 Å². The molecule has 1 fully saturated rings. The van der Waals surface area contributed by atoms with E-state index in [2.05, 4.69) is 5.32 Å². The second-order valence-corrected chi connectivity index (χ2v) is 9.82. The molecular weight excluding hydrogens is 460 g/mol. The zero-order valence-corrected chi connectivity index (χ0v) is 20.2. The Balaban J connectivity index is 1.51.